The molecule has 3 rings (SSSR count). The van der Waals surface area contributed by atoms with Crippen LogP contribution in [0.4, 0.5) is 5.69 Å². The van der Waals surface area contributed by atoms with Crippen molar-refractivity contribution in [3.8, 4) is 5.75 Å². The molecule has 0 radical (unpaired) electrons. The lowest BCUT2D eigenvalue weighted by Crippen LogP contribution is -2.27. The first-order chi connectivity index (χ1) is 10.2. The molecule has 2 aromatic rings. The highest BCUT2D eigenvalue weighted by atomic mass is 16.5. The lowest BCUT2D eigenvalue weighted by molar-refractivity contribution is 0.411. The molecule has 2 nitrogen and oxygen atoms in total. The first-order valence-corrected chi connectivity index (χ1v) is 7.66. The molecule has 2 heteroatoms. The van der Waals surface area contributed by atoms with E-state index in [0.717, 1.165) is 12.2 Å². The topological polar surface area (TPSA) is 21.3 Å². The summed E-state index contributed by atoms with van der Waals surface area (Å²) in [5, 5.41) is 3.69. The number of benzene rings is 2. The van der Waals surface area contributed by atoms with Crippen LogP contribution < -0.4 is 10.1 Å². The quantitative estimate of drug-likeness (QED) is 0.906. The normalized spacial score (nSPS) is 17.0. The van der Waals surface area contributed by atoms with E-state index in [2.05, 4.69) is 55.6 Å². The highest BCUT2D eigenvalue weighted by Crippen LogP contribution is 2.28. The molecule has 0 bridgehead atoms. The monoisotopic (exact) mass is 281 g/mol. The summed E-state index contributed by atoms with van der Waals surface area (Å²) >= 11 is 0. The molecule has 1 heterocycles. The van der Waals surface area contributed by atoms with Crippen LogP contribution in [0.1, 0.15) is 28.7 Å². The number of para-hydroxylation sites is 1. The van der Waals surface area contributed by atoms with E-state index in [1.54, 1.807) is 7.11 Å². The summed E-state index contributed by atoms with van der Waals surface area (Å²) in [4.78, 5) is 0. The number of anilines is 1. The highest BCUT2D eigenvalue weighted by molar-refractivity contribution is 5.54. The molecule has 0 aromatic heterocycles. The van der Waals surface area contributed by atoms with Crippen molar-refractivity contribution >= 4 is 5.69 Å². The molecule has 21 heavy (non-hydrogen) atoms. The van der Waals surface area contributed by atoms with Crippen molar-refractivity contribution in [2.75, 3.05) is 12.4 Å². The summed E-state index contributed by atoms with van der Waals surface area (Å²) in [6.07, 6.45) is 3.44. The van der Waals surface area contributed by atoms with Gasteiger partial charge in [0.2, 0.25) is 0 Å². The molecule has 0 amide bonds. The Labute approximate surface area is 127 Å². The van der Waals surface area contributed by atoms with E-state index in [4.69, 9.17) is 4.74 Å². The van der Waals surface area contributed by atoms with E-state index in [1.807, 2.05) is 0 Å². The molecule has 1 N–H and O–H groups in total. The summed E-state index contributed by atoms with van der Waals surface area (Å²) in [6, 6.07) is 13.6. The summed E-state index contributed by atoms with van der Waals surface area (Å²) < 4.78 is 5.40. The van der Waals surface area contributed by atoms with Crippen LogP contribution in [0.5, 0.6) is 5.75 Å². The molecular formula is C19H23NO. The maximum Gasteiger partial charge on any atom is 0.122 e. The zero-order valence-electron chi connectivity index (χ0n) is 13.1. The first kappa shape index (κ1) is 14.0. The van der Waals surface area contributed by atoms with Gasteiger partial charge in [-0.1, -0.05) is 24.3 Å². The molecule has 1 aliphatic heterocycles. The zero-order valence-corrected chi connectivity index (χ0v) is 13.1. The van der Waals surface area contributed by atoms with Crippen molar-refractivity contribution in [2.45, 2.75) is 39.2 Å². The third-order valence-electron chi connectivity index (χ3n) is 4.46. The van der Waals surface area contributed by atoms with Crippen molar-refractivity contribution in [2.24, 2.45) is 0 Å². The summed E-state index contributed by atoms with van der Waals surface area (Å²) in [5.41, 5.74) is 6.70. The summed E-state index contributed by atoms with van der Waals surface area (Å²) in [5.74, 6) is 0.984. The second-order valence-electron chi connectivity index (χ2n) is 5.99. The maximum absolute atomic E-state index is 5.40. The van der Waals surface area contributed by atoms with Crippen LogP contribution in [0, 0.1) is 13.8 Å². The number of aryl methyl sites for hydroxylation is 3. The minimum atomic E-state index is 0.520. The van der Waals surface area contributed by atoms with Gasteiger partial charge in [0.25, 0.3) is 0 Å². The minimum absolute atomic E-state index is 0.520. The van der Waals surface area contributed by atoms with Gasteiger partial charge in [-0.15, -0.1) is 0 Å². The fourth-order valence-electron chi connectivity index (χ4n) is 3.21. The predicted octanol–water partition coefficient (Wildman–Crippen LogP) is 4.28. The van der Waals surface area contributed by atoms with Gasteiger partial charge in [0.1, 0.15) is 5.75 Å². The van der Waals surface area contributed by atoms with Crippen LogP contribution in [0.15, 0.2) is 36.4 Å². The van der Waals surface area contributed by atoms with Gasteiger partial charge in [-0.2, -0.15) is 0 Å². The molecule has 2 aromatic carbocycles. The second-order valence-corrected chi connectivity index (χ2v) is 5.99. The van der Waals surface area contributed by atoms with E-state index in [1.165, 1.54) is 40.8 Å². The number of methoxy groups -OCH3 is 1. The molecule has 0 saturated heterocycles. The molecule has 1 atom stereocenters. The van der Waals surface area contributed by atoms with Crippen LogP contribution in [-0.4, -0.2) is 13.2 Å². The molecule has 110 valence electrons. The van der Waals surface area contributed by atoms with Crippen LogP contribution in [0.25, 0.3) is 0 Å². The van der Waals surface area contributed by atoms with E-state index in [9.17, 15) is 0 Å². The number of hydrogen-bond acceptors (Lipinski definition) is 2. The minimum Gasteiger partial charge on any atom is -0.496 e. The third kappa shape index (κ3) is 2.90. The fourth-order valence-corrected chi connectivity index (χ4v) is 3.21. The zero-order chi connectivity index (χ0) is 14.8. The van der Waals surface area contributed by atoms with Crippen molar-refractivity contribution in [3.05, 3.63) is 58.7 Å². The Bertz CT molecular complexity index is 648. The Morgan fingerprint density at radius 3 is 2.76 bits per heavy atom. The van der Waals surface area contributed by atoms with Crippen molar-refractivity contribution in [1.29, 1.82) is 0 Å². The van der Waals surface area contributed by atoms with Gasteiger partial charge < -0.3 is 10.1 Å². The van der Waals surface area contributed by atoms with E-state index >= 15 is 0 Å². The van der Waals surface area contributed by atoms with Gasteiger partial charge in [-0.05, 0) is 67.5 Å². The van der Waals surface area contributed by atoms with Gasteiger partial charge in [-0.25, -0.2) is 0 Å². The average Bonchev–Trinajstić information content (AvgIpc) is 2.50. The lowest BCUT2D eigenvalue weighted by atomic mass is 9.91. The SMILES string of the molecule is COc1cc(C)c(CC2CCc3ccccc3N2)cc1C. The number of nitrogens with one attached hydrogen (secondary N) is 1. The Kier molecular flexibility index (Phi) is 3.87. The molecule has 0 spiro atoms. The first-order valence-electron chi connectivity index (χ1n) is 7.66. The Morgan fingerprint density at radius 1 is 1.14 bits per heavy atom. The van der Waals surface area contributed by atoms with E-state index in [-0.39, 0.29) is 0 Å². The predicted molar refractivity (Wildman–Crippen MR) is 88.3 cm³/mol. The van der Waals surface area contributed by atoms with Crippen molar-refractivity contribution in [3.63, 3.8) is 0 Å². The smallest absolute Gasteiger partial charge is 0.122 e. The number of rotatable bonds is 3. The fraction of sp³-hybridized carbons (Fsp3) is 0.368. The Hall–Kier alpha value is -1.96. The van der Waals surface area contributed by atoms with Gasteiger partial charge in [-0.3, -0.25) is 0 Å². The summed E-state index contributed by atoms with van der Waals surface area (Å²) in [7, 11) is 1.74. The van der Waals surface area contributed by atoms with Gasteiger partial charge in [0, 0.05) is 11.7 Å². The number of fused-ring (bicyclic) bond motifs is 1. The van der Waals surface area contributed by atoms with Gasteiger partial charge in [0.15, 0.2) is 0 Å². The van der Waals surface area contributed by atoms with Crippen molar-refractivity contribution < 1.29 is 4.74 Å². The van der Waals surface area contributed by atoms with Gasteiger partial charge >= 0.3 is 0 Å². The third-order valence-corrected chi connectivity index (χ3v) is 4.46. The lowest BCUT2D eigenvalue weighted by Gasteiger charge is -2.27. The molecule has 0 fully saturated rings. The Morgan fingerprint density at radius 2 is 1.95 bits per heavy atom. The van der Waals surface area contributed by atoms with E-state index < -0.39 is 0 Å². The second kappa shape index (κ2) is 5.80. The molecule has 1 unspecified atom stereocenters. The van der Waals surface area contributed by atoms with Crippen molar-refractivity contribution in [1.82, 2.24) is 0 Å². The largest absolute Gasteiger partial charge is 0.496 e. The van der Waals surface area contributed by atoms with E-state index in [0.29, 0.717) is 6.04 Å². The molecular weight excluding hydrogens is 258 g/mol. The summed E-state index contributed by atoms with van der Waals surface area (Å²) in [6.45, 7) is 4.29. The number of hydrogen-bond donors (Lipinski definition) is 1. The number of ether oxygens (including phenoxy) is 1. The van der Waals surface area contributed by atoms with Crippen LogP contribution in [0.2, 0.25) is 0 Å². The Balaban J connectivity index is 1.78. The maximum atomic E-state index is 5.40. The standard InChI is InChI=1S/C19H23NO/c1-13-11-19(21-3)14(2)10-16(13)12-17-9-8-15-6-4-5-7-18(15)20-17/h4-7,10-11,17,20H,8-9,12H2,1-3H3. The molecule has 1 aliphatic rings. The highest BCUT2D eigenvalue weighted by Gasteiger charge is 2.18. The molecule has 0 saturated carbocycles. The van der Waals surface area contributed by atoms with Crippen LogP contribution >= 0.6 is 0 Å². The van der Waals surface area contributed by atoms with Crippen LogP contribution in [-0.2, 0) is 12.8 Å². The van der Waals surface area contributed by atoms with Gasteiger partial charge in [0.05, 0.1) is 7.11 Å². The van der Waals surface area contributed by atoms with Crippen LogP contribution in [0.3, 0.4) is 0 Å². The average molecular weight is 281 g/mol. The molecule has 0 aliphatic carbocycles.